The van der Waals surface area contributed by atoms with E-state index >= 15 is 0 Å². The molecule has 0 aliphatic carbocycles. The van der Waals surface area contributed by atoms with Gasteiger partial charge in [0.1, 0.15) is 17.7 Å². The third-order valence-corrected chi connectivity index (χ3v) is 3.86. The first-order chi connectivity index (χ1) is 9.08. The number of hydrogen-bond donors (Lipinski definition) is 1. The number of carbonyl (C=O) groups is 1. The second-order valence-corrected chi connectivity index (χ2v) is 5.13. The summed E-state index contributed by atoms with van der Waals surface area (Å²) < 4.78 is 27.0. The molecule has 3 rings (SSSR count). The molecule has 2 N–H and O–H groups in total. The van der Waals surface area contributed by atoms with Crippen LogP contribution in [0.1, 0.15) is 17.2 Å². The largest absolute Gasteiger partial charge is 0.316 e. The van der Waals surface area contributed by atoms with Crippen LogP contribution in [0.5, 0.6) is 0 Å². The van der Waals surface area contributed by atoms with Gasteiger partial charge in [0.05, 0.1) is 12.2 Å². The van der Waals surface area contributed by atoms with Gasteiger partial charge in [-0.05, 0) is 28.5 Å². The smallest absolute Gasteiger partial charge is 0.249 e. The second kappa shape index (κ2) is 4.40. The zero-order valence-electron chi connectivity index (χ0n) is 9.77. The van der Waals surface area contributed by atoms with Gasteiger partial charge in [0.15, 0.2) is 0 Å². The van der Waals surface area contributed by atoms with Crippen LogP contribution in [0.3, 0.4) is 0 Å². The molecule has 0 saturated carbocycles. The van der Waals surface area contributed by atoms with Gasteiger partial charge in [-0.25, -0.2) is 8.78 Å². The maximum absolute atomic E-state index is 13.7. The van der Waals surface area contributed by atoms with Gasteiger partial charge in [0, 0.05) is 11.6 Å². The fourth-order valence-corrected chi connectivity index (χ4v) is 2.90. The average Bonchev–Trinajstić information content (AvgIpc) is 2.93. The molecule has 0 saturated heterocycles. The molecule has 1 atom stereocenters. The summed E-state index contributed by atoms with van der Waals surface area (Å²) >= 11 is 1.50. The molecule has 6 heteroatoms. The molecule has 0 radical (unpaired) electrons. The first-order valence-corrected chi connectivity index (χ1v) is 6.59. The van der Waals surface area contributed by atoms with Crippen molar-refractivity contribution in [1.29, 1.82) is 0 Å². The number of rotatable bonds is 2. The number of thiophene rings is 1. The monoisotopic (exact) mass is 280 g/mol. The summed E-state index contributed by atoms with van der Waals surface area (Å²) in [6, 6.07) is 2.70. The zero-order chi connectivity index (χ0) is 13.6. The number of halogens is 2. The van der Waals surface area contributed by atoms with Crippen molar-refractivity contribution in [2.75, 3.05) is 4.90 Å². The summed E-state index contributed by atoms with van der Waals surface area (Å²) in [5.41, 5.74) is 6.91. The number of amides is 1. The van der Waals surface area contributed by atoms with Gasteiger partial charge in [-0.3, -0.25) is 4.79 Å². The van der Waals surface area contributed by atoms with Gasteiger partial charge in [-0.1, -0.05) is 0 Å². The molecule has 19 heavy (non-hydrogen) atoms. The molecule has 0 bridgehead atoms. The van der Waals surface area contributed by atoms with Gasteiger partial charge in [-0.2, -0.15) is 11.3 Å². The minimum atomic E-state index is -1.06. The van der Waals surface area contributed by atoms with Crippen molar-refractivity contribution in [2.45, 2.75) is 12.6 Å². The van der Waals surface area contributed by atoms with Crippen LogP contribution in [0.4, 0.5) is 14.5 Å². The van der Waals surface area contributed by atoms with Gasteiger partial charge in [-0.15, -0.1) is 0 Å². The molecular weight excluding hydrogens is 270 g/mol. The number of benzene rings is 1. The van der Waals surface area contributed by atoms with E-state index in [0.29, 0.717) is 0 Å². The third kappa shape index (κ3) is 1.93. The van der Waals surface area contributed by atoms with Crippen molar-refractivity contribution in [3.05, 3.63) is 51.7 Å². The predicted octanol–water partition coefficient (Wildman–Crippen LogP) is 2.57. The summed E-state index contributed by atoms with van der Waals surface area (Å²) in [5.74, 6) is -1.90. The quantitative estimate of drug-likeness (QED) is 0.919. The molecule has 0 fully saturated rings. The molecule has 1 aliphatic heterocycles. The van der Waals surface area contributed by atoms with Crippen LogP contribution in [0.15, 0.2) is 29.0 Å². The highest BCUT2D eigenvalue weighted by molar-refractivity contribution is 7.07. The Labute approximate surface area is 112 Å². The van der Waals surface area contributed by atoms with Crippen LogP contribution in [0.25, 0.3) is 0 Å². The van der Waals surface area contributed by atoms with Crippen molar-refractivity contribution in [1.82, 2.24) is 0 Å². The minimum Gasteiger partial charge on any atom is -0.316 e. The highest BCUT2D eigenvalue weighted by Gasteiger charge is 2.37. The first-order valence-electron chi connectivity index (χ1n) is 5.65. The number of fused-ring (bicyclic) bond motifs is 1. The summed E-state index contributed by atoms with van der Waals surface area (Å²) in [4.78, 5) is 13.4. The van der Waals surface area contributed by atoms with E-state index in [1.165, 1.54) is 16.2 Å². The van der Waals surface area contributed by atoms with Gasteiger partial charge in [0.2, 0.25) is 5.91 Å². The Morgan fingerprint density at radius 2 is 2.16 bits per heavy atom. The summed E-state index contributed by atoms with van der Waals surface area (Å²) in [6.07, 6.45) is 0. The van der Waals surface area contributed by atoms with Gasteiger partial charge >= 0.3 is 0 Å². The van der Waals surface area contributed by atoms with Crippen LogP contribution in [-0.2, 0) is 11.3 Å². The lowest BCUT2D eigenvalue weighted by atomic mass is 10.1. The van der Waals surface area contributed by atoms with E-state index in [-0.39, 0.29) is 17.8 Å². The number of carbonyl (C=O) groups excluding carboxylic acids is 1. The molecule has 1 unspecified atom stereocenters. The van der Waals surface area contributed by atoms with Crippen LogP contribution >= 0.6 is 11.3 Å². The Morgan fingerprint density at radius 3 is 2.84 bits per heavy atom. The highest BCUT2D eigenvalue weighted by Crippen LogP contribution is 2.38. The first kappa shape index (κ1) is 12.3. The lowest BCUT2D eigenvalue weighted by Gasteiger charge is -2.16. The Morgan fingerprint density at radius 1 is 1.37 bits per heavy atom. The molecule has 2 heterocycles. The number of nitrogens with zero attached hydrogens (tertiary/aromatic N) is 1. The molecule has 2 aromatic rings. The third-order valence-electron chi connectivity index (χ3n) is 3.13. The number of anilines is 1. The fourth-order valence-electron chi connectivity index (χ4n) is 2.24. The van der Waals surface area contributed by atoms with Crippen LogP contribution < -0.4 is 10.6 Å². The topological polar surface area (TPSA) is 46.3 Å². The zero-order valence-corrected chi connectivity index (χ0v) is 10.6. The van der Waals surface area contributed by atoms with Crippen LogP contribution in [0, 0.1) is 11.6 Å². The Balaban J connectivity index is 2.06. The van der Waals surface area contributed by atoms with Crippen molar-refractivity contribution >= 4 is 22.9 Å². The molecular formula is C13H10F2N2OS. The average molecular weight is 280 g/mol. The molecule has 0 spiro atoms. The van der Waals surface area contributed by atoms with Crippen molar-refractivity contribution in [2.24, 2.45) is 5.73 Å². The molecule has 1 aliphatic rings. The Kier molecular flexibility index (Phi) is 2.83. The Hall–Kier alpha value is -1.79. The SMILES string of the molecule is NC1C(=O)N(Cc2ccsc2)c2cc(F)cc(F)c21. The van der Waals surface area contributed by atoms with Gasteiger partial charge in [0.25, 0.3) is 0 Å². The number of hydrogen-bond acceptors (Lipinski definition) is 3. The van der Waals surface area contributed by atoms with Crippen molar-refractivity contribution in [3.63, 3.8) is 0 Å². The molecule has 1 aromatic carbocycles. The highest BCUT2D eigenvalue weighted by atomic mass is 32.1. The van der Waals surface area contributed by atoms with Crippen LogP contribution in [0.2, 0.25) is 0 Å². The van der Waals surface area contributed by atoms with E-state index in [1.54, 1.807) is 0 Å². The molecule has 3 nitrogen and oxygen atoms in total. The number of nitrogens with two attached hydrogens (primary N) is 1. The summed E-state index contributed by atoms with van der Waals surface area (Å²) in [7, 11) is 0. The van der Waals surface area contributed by atoms with Crippen molar-refractivity contribution < 1.29 is 13.6 Å². The van der Waals surface area contributed by atoms with E-state index in [0.717, 1.165) is 17.7 Å². The molecule has 98 valence electrons. The van der Waals surface area contributed by atoms with Crippen molar-refractivity contribution in [3.8, 4) is 0 Å². The van der Waals surface area contributed by atoms with Gasteiger partial charge < -0.3 is 10.6 Å². The molecule has 1 aromatic heterocycles. The second-order valence-electron chi connectivity index (χ2n) is 4.35. The maximum Gasteiger partial charge on any atom is 0.249 e. The lowest BCUT2D eigenvalue weighted by molar-refractivity contribution is -0.119. The Bertz CT molecular complexity index is 642. The maximum atomic E-state index is 13.7. The van der Waals surface area contributed by atoms with Crippen LogP contribution in [-0.4, -0.2) is 5.91 Å². The minimum absolute atomic E-state index is 0.0710. The normalized spacial score (nSPS) is 17.9. The van der Waals surface area contributed by atoms with E-state index in [9.17, 15) is 13.6 Å². The van der Waals surface area contributed by atoms with E-state index in [2.05, 4.69) is 0 Å². The van der Waals surface area contributed by atoms with E-state index < -0.39 is 23.6 Å². The van der Waals surface area contributed by atoms with E-state index in [4.69, 9.17) is 5.73 Å². The summed E-state index contributed by atoms with van der Waals surface area (Å²) in [5, 5.41) is 3.76. The summed E-state index contributed by atoms with van der Waals surface area (Å²) in [6.45, 7) is 0.270. The predicted molar refractivity (Wildman–Crippen MR) is 68.8 cm³/mol. The fraction of sp³-hybridized carbons (Fsp3) is 0.154. The molecule has 1 amide bonds. The lowest BCUT2D eigenvalue weighted by Crippen LogP contribution is -2.31. The van der Waals surface area contributed by atoms with E-state index in [1.807, 2.05) is 16.8 Å². The standard InChI is InChI=1S/C13H10F2N2OS/c14-8-3-9(15)11-10(4-8)17(13(18)12(11)16)5-7-1-2-19-6-7/h1-4,6,12H,5,16H2.